The molecule has 140 valence electrons. The fourth-order valence-corrected chi connectivity index (χ4v) is 3.55. The first-order valence-electron chi connectivity index (χ1n) is 8.34. The molecule has 0 fully saturated rings. The average molecular weight is 421 g/mol. The van der Waals surface area contributed by atoms with Crippen molar-refractivity contribution in [1.29, 1.82) is 0 Å². The van der Waals surface area contributed by atoms with Crippen LogP contribution >= 0.6 is 34.5 Å². The van der Waals surface area contributed by atoms with Crippen LogP contribution in [0.1, 0.15) is 21.8 Å². The zero-order valence-electron chi connectivity index (χ0n) is 14.7. The van der Waals surface area contributed by atoms with E-state index in [9.17, 15) is 4.79 Å². The Labute approximate surface area is 171 Å². The second-order valence-electron chi connectivity index (χ2n) is 5.87. The Bertz CT molecular complexity index is 934. The van der Waals surface area contributed by atoms with Crippen molar-refractivity contribution < 1.29 is 4.79 Å². The first kappa shape index (κ1) is 19.6. The smallest absolute Gasteiger partial charge is 0.244 e. The summed E-state index contributed by atoms with van der Waals surface area (Å²) in [5, 5.41) is 11.4. The van der Waals surface area contributed by atoms with Crippen LogP contribution in [0.4, 0.5) is 0 Å². The number of hydrogen-bond acceptors (Lipinski definition) is 4. The van der Waals surface area contributed by atoms with Crippen molar-refractivity contribution in [3.63, 3.8) is 0 Å². The maximum atomic E-state index is 12.0. The number of thiazole rings is 1. The number of hydrogen-bond donors (Lipinski definition) is 1. The third kappa shape index (κ3) is 5.42. The Hall–Kier alpha value is -2.15. The highest BCUT2D eigenvalue weighted by Crippen LogP contribution is 2.22. The molecule has 1 amide bonds. The molecule has 0 spiro atoms. The molecule has 0 aliphatic heterocycles. The van der Waals surface area contributed by atoms with Gasteiger partial charge in [0.25, 0.3) is 0 Å². The van der Waals surface area contributed by atoms with Gasteiger partial charge in [-0.25, -0.2) is 9.67 Å². The van der Waals surface area contributed by atoms with Crippen LogP contribution in [0.25, 0.3) is 6.08 Å². The zero-order chi connectivity index (χ0) is 19.2. The van der Waals surface area contributed by atoms with Gasteiger partial charge in [0.1, 0.15) is 5.15 Å². The van der Waals surface area contributed by atoms with Gasteiger partial charge in [-0.05, 0) is 30.7 Å². The van der Waals surface area contributed by atoms with Crippen molar-refractivity contribution in [2.45, 2.75) is 19.9 Å². The van der Waals surface area contributed by atoms with Gasteiger partial charge < -0.3 is 5.32 Å². The van der Waals surface area contributed by atoms with Crippen molar-refractivity contribution in [2.24, 2.45) is 0 Å². The normalized spacial score (nSPS) is 11.2. The van der Waals surface area contributed by atoms with Crippen LogP contribution in [0.2, 0.25) is 10.2 Å². The van der Waals surface area contributed by atoms with Crippen LogP contribution < -0.4 is 5.32 Å². The largest absolute Gasteiger partial charge is 0.352 e. The van der Waals surface area contributed by atoms with E-state index in [-0.39, 0.29) is 5.91 Å². The summed E-state index contributed by atoms with van der Waals surface area (Å²) in [4.78, 5) is 16.2. The van der Waals surface area contributed by atoms with Gasteiger partial charge in [0.15, 0.2) is 0 Å². The first-order valence-corrected chi connectivity index (χ1v) is 9.98. The summed E-state index contributed by atoms with van der Waals surface area (Å²) in [6, 6.07) is 7.53. The van der Waals surface area contributed by atoms with Gasteiger partial charge >= 0.3 is 0 Å². The second-order valence-corrected chi connectivity index (χ2v) is 7.65. The lowest BCUT2D eigenvalue weighted by molar-refractivity contribution is -0.116. The zero-order valence-corrected chi connectivity index (χ0v) is 17.0. The maximum Gasteiger partial charge on any atom is 0.244 e. The lowest BCUT2D eigenvalue weighted by atomic mass is 10.2. The molecule has 3 aromatic rings. The van der Waals surface area contributed by atoms with Gasteiger partial charge in [0.05, 0.1) is 17.2 Å². The Morgan fingerprint density at radius 3 is 2.78 bits per heavy atom. The molecule has 1 aromatic carbocycles. The molecule has 0 saturated heterocycles. The molecular formula is C19H18Cl2N4OS. The van der Waals surface area contributed by atoms with E-state index in [4.69, 9.17) is 23.2 Å². The number of benzene rings is 1. The van der Waals surface area contributed by atoms with Crippen LogP contribution in [-0.2, 0) is 17.8 Å². The minimum absolute atomic E-state index is 0.174. The van der Waals surface area contributed by atoms with Crippen molar-refractivity contribution in [1.82, 2.24) is 20.1 Å². The highest BCUT2D eigenvalue weighted by atomic mass is 35.5. The summed E-state index contributed by atoms with van der Waals surface area (Å²) in [6.07, 6.45) is 5.65. The molecule has 0 aliphatic rings. The molecule has 0 atom stereocenters. The van der Waals surface area contributed by atoms with Crippen LogP contribution in [0, 0.1) is 6.92 Å². The Kier molecular flexibility index (Phi) is 6.66. The van der Waals surface area contributed by atoms with Crippen molar-refractivity contribution >= 4 is 46.5 Å². The molecule has 0 unspecified atom stereocenters. The van der Waals surface area contributed by atoms with E-state index < -0.39 is 0 Å². The number of halogens is 2. The highest BCUT2D eigenvalue weighted by molar-refractivity contribution is 7.09. The number of rotatable bonds is 7. The van der Waals surface area contributed by atoms with Crippen molar-refractivity contribution in [3.05, 3.63) is 73.9 Å². The van der Waals surface area contributed by atoms with Crippen LogP contribution in [0.5, 0.6) is 0 Å². The van der Waals surface area contributed by atoms with E-state index in [0.29, 0.717) is 23.3 Å². The molecule has 0 radical (unpaired) electrons. The lowest BCUT2D eigenvalue weighted by Crippen LogP contribution is -2.23. The predicted molar refractivity (Wildman–Crippen MR) is 110 cm³/mol. The number of carbonyl (C=O) groups is 1. The molecule has 0 bridgehead atoms. The number of aryl methyl sites for hydroxylation is 1. The van der Waals surface area contributed by atoms with E-state index in [1.165, 1.54) is 6.08 Å². The van der Waals surface area contributed by atoms with Gasteiger partial charge in [-0.3, -0.25) is 4.79 Å². The summed E-state index contributed by atoms with van der Waals surface area (Å²) in [6.45, 7) is 2.94. The minimum atomic E-state index is -0.174. The molecule has 3 rings (SSSR count). The molecule has 5 nitrogen and oxygen atoms in total. The second kappa shape index (κ2) is 9.17. The van der Waals surface area contributed by atoms with Crippen LogP contribution in [0.3, 0.4) is 0 Å². The summed E-state index contributed by atoms with van der Waals surface area (Å²) in [7, 11) is 0. The number of nitrogens with zero attached hydrogens (tertiary/aromatic N) is 3. The third-order valence-electron chi connectivity index (χ3n) is 3.88. The Balaban J connectivity index is 1.60. The van der Waals surface area contributed by atoms with Gasteiger partial charge in [-0.1, -0.05) is 35.3 Å². The van der Waals surface area contributed by atoms with Crippen molar-refractivity contribution in [3.8, 4) is 0 Å². The van der Waals surface area contributed by atoms with E-state index >= 15 is 0 Å². The quantitative estimate of drug-likeness (QED) is 0.577. The Morgan fingerprint density at radius 1 is 1.30 bits per heavy atom. The summed E-state index contributed by atoms with van der Waals surface area (Å²) < 4.78 is 1.71. The Morgan fingerprint density at radius 2 is 2.07 bits per heavy atom. The molecular weight excluding hydrogens is 403 g/mol. The van der Waals surface area contributed by atoms with Crippen molar-refractivity contribution in [2.75, 3.05) is 6.54 Å². The van der Waals surface area contributed by atoms with E-state index in [1.54, 1.807) is 28.3 Å². The number of amides is 1. The van der Waals surface area contributed by atoms with Gasteiger partial charge in [-0.2, -0.15) is 5.10 Å². The highest BCUT2D eigenvalue weighted by Gasteiger charge is 2.12. The van der Waals surface area contributed by atoms with E-state index in [2.05, 4.69) is 15.4 Å². The van der Waals surface area contributed by atoms with Gasteiger partial charge in [-0.15, -0.1) is 11.3 Å². The average Bonchev–Trinajstić information content (AvgIpc) is 3.24. The fourth-order valence-electron chi connectivity index (χ4n) is 2.51. The SMILES string of the molecule is Cc1nn(Cc2ccc(Cl)cc2)c(Cl)c1/C=C/C(=O)NCCc1nccs1. The number of nitrogens with one attached hydrogen (secondary N) is 1. The lowest BCUT2D eigenvalue weighted by Gasteiger charge is -2.04. The molecule has 2 aromatic heterocycles. The monoisotopic (exact) mass is 420 g/mol. The molecule has 2 heterocycles. The summed E-state index contributed by atoms with van der Waals surface area (Å²) in [5.41, 5.74) is 2.54. The third-order valence-corrected chi connectivity index (χ3v) is 5.37. The van der Waals surface area contributed by atoms with Gasteiger partial charge in [0, 0.05) is 41.2 Å². The summed E-state index contributed by atoms with van der Waals surface area (Å²) >= 11 is 13.9. The fraction of sp³-hybridized carbons (Fsp3) is 0.211. The van der Waals surface area contributed by atoms with Crippen LogP contribution in [-0.4, -0.2) is 27.2 Å². The molecule has 0 saturated carbocycles. The number of aromatic nitrogens is 3. The predicted octanol–water partition coefficient (Wildman–Crippen LogP) is 4.38. The molecule has 8 heteroatoms. The minimum Gasteiger partial charge on any atom is -0.352 e. The number of carbonyl (C=O) groups excluding carboxylic acids is 1. The molecule has 1 N–H and O–H groups in total. The van der Waals surface area contributed by atoms with E-state index in [1.807, 2.05) is 36.6 Å². The van der Waals surface area contributed by atoms with E-state index in [0.717, 1.165) is 28.2 Å². The molecule has 27 heavy (non-hydrogen) atoms. The summed E-state index contributed by atoms with van der Waals surface area (Å²) in [5.74, 6) is -0.174. The molecule has 0 aliphatic carbocycles. The first-order chi connectivity index (χ1) is 13.0. The van der Waals surface area contributed by atoms with Gasteiger partial charge in [0.2, 0.25) is 5.91 Å². The standard InChI is InChI=1S/C19H18Cl2N4OS/c1-13-16(6-7-17(26)22-9-8-18-23-10-11-27-18)19(21)25(24-13)12-14-2-4-15(20)5-3-14/h2-7,10-11H,8-9,12H2,1H3,(H,22,26)/b7-6+. The topological polar surface area (TPSA) is 59.8 Å². The maximum absolute atomic E-state index is 12.0. The van der Waals surface area contributed by atoms with Crippen LogP contribution in [0.15, 0.2) is 41.9 Å².